The Hall–Kier alpha value is 0.00390. The summed E-state index contributed by atoms with van der Waals surface area (Å²) in [5, 5.41) is 17.9. The molecular formula is C9H12NO4Y-. The third-order valence-electron chi connectivity index (χ3n) is 3.76. The van der Waals surface area contributed by atoms with E-state index in [9.17, 15) is 9.59 Å². The van der Waals surface area contributed by atoms with Crippen molar-refractivity contribution in [3.05, 3.63) is 6.42 Å². The molecule has 0 unspecified atom stereocenters. The van der Waals surface area contributed by atoms with E-state index < -0.39 is 28.8 Å². The average Bonchev–Trinajstić information content (AvgIpc) is 2.50. The molecule has 0 aliphatic heterocycles. The topological polar surface area (TPSA) is 101 Å². The third kappa shape index (κ3) is 1.40. The van der Waals surface area contributed by atoms with Crippen LogP contribution in [0.1, 0.15) is 13.3 Å². The van der Waals surface area contributed by atoms with E-state index in [1.165, 1.54) is 6.42 Å². The van der Waals surface area contributed by atoms with Crippen LogP contribution in [-0.4, -0.2) is 27.7 Å². The number of carboxylic acid groups (broad SMARTS) is 2. The van der Waals surface area contributed by atoms with Crippen LogP contribution in [0, 0.1) is 23.7 Å². The van der Waals surface area contributed by atoms with E-state index >= 15 is 0 Å². The molecule has 0 aromatic carbocycles. The van der Waals surface area contributed by atoms with Crippen molar-refractivity contribution in [3.8, 4) is 0 Å². The van der Waals surface area contributed by atoms with Crippen molar-refractivity contribution in [2.75, 3.05) is 0 Å². The molecule has 0 saturated heterocycles. The van der Waals surface area contributed by atoms with Crippen LogP contribution in [-0.2, 0) is 42.3 Å². The van der Waals surface area contributed by atoms with Crippen molar-refractivity contribution in [3.63, 3.8) is 0 Å². The first-order valence-electron chi connectivity index (χ1n) is 4.45. The Labute approximate surface area is 112 Å². The number of hydrogen-bond acceptors (Lipinski definition) is 3. The van der Waals surface area contributed by atoms with Crippen LogP contribution in [0.15, 0.2) is 0 Å². The number of carbonyl (C=O) groups is 2. The van der Waals surface area contributed by atoms with Crippen molar-refractivity contribution in [2.24, 2.45) is 23.0 Å². The molecule has 2 fully saturated rings. The Morgan fingerprint density at radius 3 is 2.27 bits per heavy atom. The van der Waals surface area contributed by atoms with Gasteiger partial charge in [0.05, 0.1) is 5.41 Å². The number of nitrogens with two attached hydrogens (primary N) is 1. The second kappa shape index (κ2) is 3.50. The minimum atomic E-state index is -1.45. The molecule has 1 radical (unpaired) electrons. The van der Waals surface area contributed by atoms with Gasteiger partial charge in [0.25, 0.3) is 5.97 Å². The van der Waals surface area contributed by atoms with Crippen molar-refractivity contribution in [1.29, 1.82) is 0 Å². The molecule has 0 aromatic rings. The summed E-state index contributed by atoms with van der Waals surface area (Å²) >= 11 is 0. The molecule has 4 N–H and O–H groups in total. The normalized spacial score (nSPS) is 46.5. The van der Waals surface area contributed by atoms with E-state index in [0.29, 0.717) is 6.42 Å². The zero-order valence-electron chi connectivity index (χ0n) is 8.30. The fourth-order valence-corrected chi connectivity index (χ4v) is 2.77. The van der Waals surface area contributed by atoms with Gasteiger partial charge < -0.3 is 15.9 Å². The van der Waals surface area contributed by atoms with Gasteiger partial charge in [0, 0.05) is 32.7 Å². The first-order valence-corrected chi connectivity index (χ1v) is 4.45. The second-order valence-corrected chi connectivity index (χ2v) is 4.35. The first kappa shape index (κ1) is 13.1. The van der Waals surface area contributed by atoms with Gasteiger partial charge in [-0.1, -0.05) is 0 Å². The van der Waals surface area contributed by atoms with E-state index in [4.69, 9.17) is 15.9 Å². The Kier molecular flexibility index (Phi) is 3.05. The summed E-state index contributed by atoms with van der Waals surface area (Å²) in [6, 6.07) is 0. The Morgan fingerprint density at radius 1 is 1.40 bits per heavy atom. The van der Waals surface area contributed by atoms with Gasteiger partial charge in [-0.3, -0.25) is 16.0 Å². The van der Waals surface area contributed by atoms with E-state index in [2.05, 4.69) is 0 Å². The van der Waals surface area contributed by atoms with Crippen molar-refractivity contribution in [2.45, 2.75) is 18.9 Å². The quantitative estimate of drug-likeness (QED) is 0.606. The summed E-state index contributed by atoms with van der Waals surface area (Å²) < 4.78 is 0. The monoisotopic (exact) mass is 287 g/mol. The molecule has 2 aliphatic rings. The number of fused-ring (bicyclic) bond motifs is 1. The summed E-state index contributed by atoms with van der Waals surface area (Å²) in [6.07, 6.45) is 2.01. The second-order valence-electron chi connectivity index (χ2n) is 4.35. The Bertz CT molecular complexity index is 334. The molecule has 6 heteroatoms. The molecule has 0 aromatic heterocycles. The molecular weight excluding hydrogens is 275 g/mol. The van der Waals surface area contributed by atoms with E-state index in [1.807, 2.05) is 0 Å². The number of hydrogen-bond donors (Lipinski definition) is 3. The predicted octanol–water partition coefficient (Wildman–Crippen LogP) is -0.289. The van der Waals surface area contributed by atoms with Gasteiger partial charge in [0.15, 0.2) is 0 Å². The minimum Gasteiger partial charge on any atom is -0.482 e. The smallest absolute Gasteiger partial charge is 0.309 e. The molecule has 15 heavy (non-hydrogen) atoms. The van der Waals surface area contributed by atoms with Gasteiger partial charge in [-0.25, -0.2) is 0 Å². The zero-order chi connectivity index (χ0) is 10.7. The van der Waals surface area contributed by atoms with Crippen LogP contribution in [0.4, 0.5) is 0 Å². The maximum atomic E-state index is 10.9. The maximum absolute atomic E-state index is 10.9. The predicted molar refractivity (Wildman–Crippen MR) is 46.2 cm³/mol. The average molecular weight is 287 g/mol. The molecule has 2 aliphatic carbocycles. The van der Waals surface area contributed by atoms with Crippen LogP contribution < -0.4 is 5.73 Å². The SMILES string of the molecule is C[C@]1(C(=O)O)[C@@H]2C[CH-][C@@](N)(C(=O)O)[C@@H]21.[Y]. The third-order valence-corrected chi connectivity index (χ3v) is 3.76. The van der Waals surface area contributed by atoms with Crippen LogP contribution >= 0.6 is 0 Å². The molecule has 2 rings (SSSR count). The van der Waals surface area contributed by atoms with Gasteiger partial charge in [-0.15, -0.1) is 0 Å². The molecule has 0 amide bonds. The van der Waals surface area contributed by atoms with Crippen molar-refractivity contribution < 1.29 is 52.5 Å². The first-order chi connectivity index (χ1) is 6.35. The largest absolute Gasteiger partial charge is 0.482 e. The maximum Gasteiger partial charge on any atom is 0.309 e. The van der Waals surface area contributed by atoms with Gasteiger partial charge in [-0.2, -0.15) is 6.42 Å². The molecule has 2 saturated carbocycles. The molecule has 81 valence electrons. The van der Waals surface area contributed by atoms with Gasteiger partial charge in [0.2, 0.25) is 0 Å². The summed E-state index contributed by atoms with van der Waals surface area (Å²) in [5.41, 5.74) is 3.29. The molecule has 5 nitrogen and oxygen atoms in total. The van der Waals surface area contributed by atoms with Crippen LogP contribution in [0.5, 0.6) is 0 Å². The Morgan fingerprint density at radius 2 is 1.93 bits per heavy atom. The van der Waals surface area contributed by atoms with Crippen molar-refractivity contribution in [1.82, 2.24) is 0 Å². The fourth-order valence-electron chi connectivity index (χ4n) is 2.77. The van der Waals surface area contributed by atoms with Crippen LogP contribution in [0.25, 0.3) is 0 Å². The summed E-state index contributed by atoms with van der Waals surface area (Å²) in [5.74, 6) is -2.64. The zero-order valence-corrected chi connectivity index (χ0v) is 11.1. The molecule has 0 bridgehead atoms. The Balaban J connectivity index is 0.00000112. The summed E-state index contributed by atoms with van der Waals surface area (Å²) in [7, 11) is 0. The number of rotatable bonds is 2. The van der Waals surface area contributed by atoms with Gasteiger partial charge in [0.1, 0.15) is 0 Å². The summed E-state index contributed by atoms with van der Waals surface area (Å²) in [6.45, 7) is 1.57. The van der Waals surface area contributed by atoms with Crippen molar-refractivity contribution >= 4 is 11.9 Å². The number of carboxylic acids is 2. The van der Waals surface area contributed by atoms with Gasteiger partial charge >= 0.3 is 5.97 Å². The summed E-state index contributed by atoms with van der Waals surface area (Å²) in [4.78, 5) is 21.9. The molecule has 0 spiro atoms. The number of aliphatic carboxylic acids is 2. The van der Waals surface area contributed by atoms with Crippen LogP contribution in [0.2, 0.25) is 0 Å². The van der Waals surface area contributed by atoms with Crippen LogP contribution in [0.3, 0.4) is 0 Å². The van der Waals surface area contributed by atoms with E-state index in [1.54, 1.807) is 6.92 Å². The standard InChI is InChI=1S/C9H12NO4.Y/c1-8(6(11)12)4-2-3-9(10,5(4)8)7(13)14;/h3-5H,2,10H2,1H3,(H,11,12)(H,13,14);/q-1;/t4-,5+,8+,9+;/m1./s1. The fraction of sp³-hybridized carbons (Fsp3) is 0.667. The molecule has 0 heterocycles. The van der Waals surface area contributed by atoms with E-state index in [0.717, 1.165) is 0 Å². The van der Waals surface area contributed by atoms with E-state index in [-0.39, 0.29) is 38.6 Å². The minimum absolute atomic E-state index is 0. The molecule has 4 atom stereocenters. The van der Waals surface area contributed by atoms with Gasteiger partial charge in [-0.05, 0) is 24.3 Å².